The summed E-state index contributed by atoms with van der Waals surface area (Å²) in [6.45, 7) is 2.94. The number of carbonyl (C=O) groups is 1. The fraction of sp³-hybridized carbons (Fsp3) is 0.385. The Morgan fingerprint density at radius 3 is 2.81 bits per heavy atom. The molecule has 6 rings (SSSR count). The van der Waals surface area contributed by atoms with Gasteiger partial charge in [-0.3, -0.25) is 4.79 Å². The van der Waals surface area contributed by atoms with Crippen LogP contribution in [0.1, 0.15) is 36.6 Å². The fourth-order valence-corrected chi connectivity index (χ4v) is 10.4. The highest BCUT2D eigenvalue weighted by Gasteiger charge is 2.35. The second kappa shape index (κ2) is 9.64. The van der Waals surface area contributed by atoms with E-state index in [1.165, 1.54) is 26.1 Å². The van der Waals surface area contributed by atoms with E-state index in [0.717, 1.165) is 45.1 Å². The van der Waals surface area contributed by atoms with Crippen molar-refractivity contribution in [3.63, 3.8) is 0 Å². The van der Waals surface area contributed by atoms with E-state index >= 15 is 0 Å². The Balaban J connectivity index is 1.30. The quantitative estimate of drug-likeness (QED) is 0.315. The van der Waals surface area contributed by atoms with E-state index in [4.69, 9.17) is 4.98 Å². The molecule has 2 atom stereocenters. The van der Waals surface area contributed by atoms with Crippen molar-refractivity contribution in [1.82, 2.24) is 9.29 Å². The standard InChI is InChI=1S/C26H27N3O3S4/c1-16-10-11-18-21(14-16)35-26(23(18)25-27-19-7-2-3-8-20(19)34-25)28-24(30)17-6-4-12-29(15-17)36(31,32)22-9-5-13-33-22/h2-3,5,7-9,13,16-17H,4,6,10-12,14-15H2,1H3,(H,28,30). The summed E-state index contributed by atoms with van der Waals surface area (Å²) in [5.41, 5.74) is 3.36. The molecule has 3 aromatic heterocycles. The van der Waals surface area contributed by atoms with Crippen molar-refractivity contribution in [2.75, 3.05) is 18.4 Å². The molecule has 0 bridgehead atoms. The van der Waals surface area contributed by atoms with Gasteiger partial charge in [0.05, 0.1) is 16.1 Å². The molecule has 2 unspecified atom stereocenters. The first-order valence-electron chi connectivity index (χ1n) is 12.2. The lowest BCUT2D eigenvalue weighted by Crippen LogP contribution is -2.43. The van der Waals surface area contributed by atoms with Gasteiger partial charge in [-0.1, -0.05) is 25.1 Å². The first-order valence-corrected chi connectivity index (χ1v) is 16.2. The molecule has 188 valence electrons. The molecule has 1 aliphatic heterocycles. The van der Waals surface area contributed by atoms with E-state index in [1.807, 2.05) is 18.2 Å². The number of fused-ring (bicyclic) bond motifs is 2. The number of thiophene rings is 2. The van der Waals surface area contributed by atoms with Gasteiger partial charge in [-0.15, -0.1) is 34.0 Å². The van der Waals surface area contributed by atoms with E-state index in [2.05, 4.69) is 18.3 Å². The fourth-order valence-electron chi connectivity index (χ4n) is 5.17. The minimum atomic E-state index is -3.57. The predicted octanol–water partition coefficient (Wildman–Crippen LogP) is 6.25. The Bertz CT molecular complexity index is 1490. The number of nitrogens with zero attached hydrogens (tertiary/aromatic N) is 2. The second-order valence-electron chi connectivity index (χ2n) is 9.67. The monoisotopic (exact) mass is 557 g/mol. The number of thiazole rings is 1. The molecule has 2 aliphatic rings. The van der Waals surface area contributed by atoms with E-state index in [-0.39, 0.29) is 18.4 Å². The van der Waals surface area contributed by atoms with Gasteiger partial charge in [0.25, 0.3) is 10.0 Å². The van der Waals surface area contributed by atoms with Crippen molar-refractivity contribution in [3.05, 3.63) is 52.2 Å². The third-order valence-electron chi connectivity index (χ3n) is 7.10. The van der Waals surface area contributed by atoms with Crippen molar-refractivity contribution in [1.29, 1.82) is 0 Å². The molecule has 36 heavy (non-hydrogen) atoms. The van der Waals surface area contributed by atoms with Crippen molar-refractivity contribution in [2.45, 2.75) is 43.2 Å². The summed E-state index contributed by atoms with van der Waals surface area (Å²) >= 11 is 4.56. The maximum absolute atomic E-state index is 13.5. The normalized spacial score (nSPS) is 20.9. The highest BCUT2D eigenvalue weighted by molar-refractivity contribution is 7.91. The van der Waals surface area contributed by atoms with Crippen LogP contribution in [0.4, 0.5) is 5.00 Å². The number of nitrogens with one attached hydrogen (secondary N) is 1. The average molecular weight is 558 g/mol. The minimum Gasteiger partial charge on any atom is -0.317 e. The molecule has 1 N–H and O–H groups in total. The minimum absolute atomic E-state index is 0.102. The second-order valence-corrected chi connectivity index (χ2v) is 14.9. The zero-order valence-electron chi connectivity index (χ0n) is 19.9. The van der Waals surface area contributed by atoms with Crippen molar-refractivity contribution >= 4 is 65.2 Å². The Morgan fingerprint density at radius 2 is 2.00 bits per heavy atom. The number of aromatic nitrogens is 1. The molecule has 1 aromatic carbocycles. The van der Waals surface area contributed by atoms with Crippen molar-refractivity contribution in [2.24, 2.45) is 11.8 Å². The van der Waals surface area contributed by atoms with Gasteiger partial charge in [0, 0.05) is 23.5 Å². The molecular weight excluding hydrogens is 531 g/mol. The summed E-state index contributed by atoms with van der Waals surface area (Å²) in [4.78, 5) is 19.8. The van der Waals surface area contributed by atoms with Gasteiger partial charge in [-0.05, 0) is 67.2 Å². The number of anilines is 1. The molecule has 4 aromatic rings. The summed E-state index contributed by atoms with van der Waals surface area (Å²) in [6, 6.07) is 11.5. The highest BCUT2D eigenvalue weighted by Crippen LogP contribution is 2.47. The summed E-state index contributed by atoms with van der Waals surface area (Å²) in [5, 5.41) is 6.80. The van der Waals surface area contributed by atoms with Gasteiger partial charge in [0.1, 0.15) is 14.2 Å². The number of sulfonamides is 1. The van der Waals surface area contributed by atoms with Crippen LogP contribution >= 0.6 is 34.0 Å². The van der Waals surface area contributed by atoms with Crippen molar-refractivity contribution < 1.29 is 13.2 Å². The lowest BCUT2D eigenvalue weighted by atomic mass is 9.88. The van der Waals surface area contributed by atoms with E-state index in [0.29, 0.717) is 29.5 Å². The maximum Gasteiger partial charge on any atom is 0.252 e. The van der Waals surface area contributed by atoms with Crippen LogP contribution in [-0.4, -0.2) is 36.7 Å². The number of carbonyl (C=O) groups excluding carboxylic acids is 1. The van der Waals surface area contributed by atoms with Gasteiger partial charge in [0.15, 0.2) is 0 Å². The SMILES string of the molecule is CC1CCc2c(sc(NC(=O)C3CCCN(S(=O)(=O)c4cccs4)C3)c2-c2nc3ccccc3s2)C1. The molecule has 4 heterocycles. The molecule has 0 spiro atoms. The molecule has 6 nitrogen and oxygen atoms in total. The van der Waals surface area contributed by atoms with Crippen LogP contribution in [0.25, 0.3) is 20.8 Å². The third kappa shape index (κ3) is 4.43. The molecule has 0 saturated carbocycles. The number of hydrogen-bond acceptors (Lipinski definition) is 7. The van der Waals surface area contributed by atoms with Crippen LogP contribution in [0.3, 0.4) is 0 Å². The van der Waals surface area contributed by atoms with Gasteiger partial charge >= 0.3 is 0 Å². The topological polar surface area (TPSA) is 79.4 Å². The lowest BCUT2D eigenvalue weighted by molar-refractivity contribution is -0.120. The Morgan fingerprint density at radius 1 is 1.14 bits per heavy atom. The lowest BCUT2D eigenvalue weighted by Gasteiger charge is -2.30. The number of amides is 1. The smallest absolute Gasteiger partial charge is 0.252 e. The summed E-state index contributed by atoms with van der Waals surface area (Å²) in [7, 11) is -3.57. The predicted molar refractivity (Wildman–Crippen MR) is 149 cm³/mol. The van der Waals surface area contributed by atoms with Crippen LogP contribution < -0.4 is 5.32 Å². The summed E-state index contributed by atoms with van der Waals surface area (Å²) < 4.78 is 29.1. The number of piperidine rings is 1. The Kier molecular flexibility index (Phi) is 6.49. The van der Waals surface area contributed by atoms with Crippen LogP contribution in [0.5, 0.6) is 0 Å². The van der Waals surface area contributed by atoms with Gasteiger partial charge < -0.3 is 5.32 Å². The Hall–Kier alpha value is -2.11. The molecule has 1 saturated heterocycles. The molecule has 1 aliphatic carbocycles. The summed E-state index contributed by atoms with van der Waals surface area (Å²) in [5.74, 6) is 0.141. The van der Waals surface area contributed by atoms with E-state index < -0.39 is 10.0 Å². The molecule has 1 fully saturated rings. The average Bonchev–Trinajstić information content (AvgIpc) is 3.62. The number of rotatable bonds is 5. The Labute approximate surface area is 223 Å². The first-order chi connectivity index (χ1) is 17.4. The van der Waals surface area contributed by atoms with E-state index in [1.54, 1.807) is 40.2 Å². The zero-order valence-corrected chi connectivity index (χ0v) is 23.2. The van der Waals surface area contributed by atoms with Crippen LogP contribution in [0.15, 0.2) is 46.0 Å². The first kappa shape index (κ1) is 24.2. The number of benzene rings is 1. The summed E-state index contributed by atoms with van der Waals surface area (Å²) in [6.07, 6.45) is 4.49. The van der Waals surface area contributed by atoms with Crippen LogP contribution in [-0.2, 0) is 27.7 Å². The number of hydrogen-bond donors (Lipinski definition) is 1. The van der Waals surface area contributed by atoms with Crippen LogP contribution in [0, 0.1) is 11.8 Å². The highest BCUT2D eigenvalue weighted by atomic mass is 32.2. The van der Waals surface area contributed by atoms with Crippen LogP contribution in [0.2, 0.25) is 0 Å². The maximum atomic E-state index is 13.5. The molecule has 1 amide bonds. The largest absolute Gasteiger partial charge is 0.317 e. The van der Waals surface area contributed by atoms with E-state index in [9.17, 15) is 13.2 Å². The molecule has 10 heteroatoms. The van der Waals surface area contributed by atoms with Gasteiger partial charge in [0.2, 0.25) is 5.91 Å². The van der Waals surface area contributed by atoms with Gasteiger partial charge in [-0.2, -0.15) is 4.31 Å². The zero-order chi connectivity index (χ0) is 24.9. The van der Waals surface area contributed by atoms with Crippen molar-refractivity contribution in [3.8, 4) is 10.6 Å². The molecular formula is C26H27N3O3S4. The third-order valence-corrected chi connectivity index (χ3v) is 12.6. The van der Waals surface area contributed by atoms with Gasteiger partial charge in [-0.25, -0.2) is 13.4 Å². The molecule has 0 radical (unpaired) electrons. The number of para-hydroxylation sites is 1.